The zero-order valence-corrected chi connectivity index (χ0v) is 23.8. The molecule has 0 saturated carbocycles. The first-order chi connectivity index (χ1) is 20.1. The molecule has 0 aliphatic rings. The third-order valence-electron chi connectivity index (χ3n) is 6.28. The van der Waals surface area contributed by atoms with Gasteiger partial charge in [0.1, 0.15) is 23.5 Å². The molecule has 1 heterocycles. The van der Waals surface area contributed by atoms with Gasteiger partial charge in [0.25, 0.3) is 15.9 Å². The van der Waals surface area contributed by atoms with Crippen LogP contribution in [0.4, 0.5) is 5.69 Å². The molecule has 0 aliphatic heterocycles. The second-order valence-corrected chi connectivity index (χ2v) is 11.1. The van der Waals surface area contributed by atoms with Gasteiger partial charge in [0.05, 0.1) is 16.9 Å². The van der Waals surface area contributed by atoms with Gasteiger partial charge < -0.3 is 20.4 Å². The van der Waals surface area contributed by atoms with Crippen LogP contribution in [-0.2, 0) is 21.4 Å². The van der Waals surface area contributed by atoms with Crippen molar-refractivity contribution in [3.05, 3.63) is 113 Å². The summed E-state index contributed by atoms with van der Waals surface area (Å²) in [4.78, 5) is 24.7. The molecule has 42 heavy (non-hydrogen) atoms. The summed E-state index contributed by atoms with van der Waals surface area (Å²) in [5, 5.41) is 12.2. The number of pyridine rings is 1. The molecule has 0 spiro atoms. The third kappa shape index (κ3) is 7.50. The van der Waals surface area contributed by atoms with E-state index in [-0.39, 0.29) is 34.5 Å². The first-order valence-corrected chi connectivity index (χ1v) is 14.5. The molecule has 4 rings (SSSR count). The number of nitrogens with one attached hydrogen (secondary N) is 1. The average molecular weight is 584 g/mol. The van der Waals surface area contributed by atoms with Crippen molar-refractivity contribution in [3.63, 3.8) is 0 Å². The van der Waals surface area contributed by atoms with Crippen molar-refractivity contribution >= 4 is 27.5 Å². The lowest BCUT2D eigenvalue weighted by atomic mass is 9.96. The number of nitrogens with zero attached hydrogens (tertiary/aromatic N) is 3. The predicted molar refractivity (Wildman–Crippen MR) is 157 cm³/mol. The van der Waals surface area contributed by atoms with Crippen LogP contribution >= 0.6 is 0 Å². The number of hydrogen-bond donors (Lipinski definition) is 2. The Morgan fingerprint density at radius 1 is 1.02 bits per heavy atom. The summed E-state index contributed by atoms with van der Waals surface area (Å²) in [6, 6.07) is 25.0. The molecule has 0 radical (unpaired) electrons. The molecule has 1 atom stereocenters. The van der Waals surface area contributed by atoms with Gasteiger partial charge in [0.15, 0.2) is 0 Å². The van der Waals surface area contributed by atoms with Crippen LogP contribution in [0.5, 0.6) is 11.5 Å². The largest absolute Gasteiger partial charge is 0.456 e. The number of aryl methyl sites for hydroxylation is 1. The van der Waals surface area contributed by atoms with Crippen LogP contribution in [0.15, 0.2) is 100 Å². The number of nitrogens with two attached hydrogens (primary N) is 1. The van der Waals surface area contributed by atoms with Gasteiger partial charge in [0.2, 0.25) is 5.91 Å². The van der Waals surface area contributed by atoms with Crippen molar-refractivity contribution in [3.8, 4) is 17.6 Å². The smallest absolute Gasteiger partial charge is 0.284 e. The minimum absolute atomic E-state index is 0.00770. The maximum atomic E-state index is 12.9. The summed E-state index contributed by atoms with van der Waals surface area (Å²) in [6.45, 7) is 3.42. The highest BCUT2D eigenvalue weighted by Gasteiger charge is 2.15. The number of sulfonamides is 1. The molecule has 0 bridgehead atoms. The molecule has 3 aromatic carbocycles. The monoisotopic (exact) mass is 583 g/mol. The lowest BCUT2D eigenvalue weighted by molar-refractivity contribution is -0.118. The highest BCUT2D eigenvalue weighted by atomic mass is 32.2. The van der Waals surface area contributed by atoms with Crippen LogP contribution < -0.4 is 21.3 Å². The third-order valence-corrected chi connectivity index (χ3v) is 7.57. The number of aromatic nitrogens is 1. The highest BCUT2D eigenvalue weighted by Crippen LogP contribution is 2.25. The number of amides is 2. The zero-order chi connectivity index (χ0) is 30.3. The first-order valence-electron chi connectivity index (χ1n) is 13.0. The number of carbonyl (C=O) groups excluding carboxylic acids is 2. The average Bonchev–Trinajstić information content (AvgIpc) is 2.95. The van der Waals surface area contributed by atoms with E-state index < -0.39 is 15.9 Å². The van der Waals surface area contributed by atoms with Gasteiger partial charge in [-0.2, -0.15) is 13.7 Å². The van der Waals surface area contributed by atoms with Crippen molar-refractivity contribution in [2.45, 2.75) is 37.6 Å². The van der Waals surface area contributed by atoms with E-state index in [1.54, 1.807) is 54.6 Å². The van der Waals surface area contributed by atoms with Crippen LogP contribution in [-0.4, -0.2) is 24.8 Å². The highest BCUT2D eigenvalue weighted by molar-refractivity contribution is 7.90. The summed E-state index contributed by atoms with van der Waals surface area (Å²) in [7, 11) is -4.06. The Morgan fingerprint density at radius 3 is 2.45 bits per heavy atom. The molecule has 0 fully saturated rings. The van der Waals surface area contributed by atoms with E-state index in [1.807, 2.05) is 19.9 Å². The lowest BCUT2D eigenvalue weighted by Gasteiger charge is -2.12. The minimum atomic E-state index is -4.06. The summed E-state index contributed by atoms with van der Waals surface area (Å²) in [6.07, 6.45) is 2.06. The number of anilines is 1. The van der Waals surface area contributed by atoms with Crippen molar-refractivity contribution in [1.29, 1.82) is 5.26 Å². The number of primary amides is 1. The van der Waals surface area contributed by atoms with E-state index in [2.05, 4.69) is 15.8 Å². The van der Waals surface area contributed by atoms with Crippen molar-refractivity contribution in [1.82, 2.24) is 4.57 Å². The van der Waals surface area contributed by atoms with Crippen molar-refractivity contribution < 1.29 is 22.7 Å². The molecule has 11 heteroatoms. The molecule has 0 saturated heterocycles. The summed E-state index contributed by atoms with van der Waals surface area (Å²) in [5.74, 6) is -0.688. The number of benzene rings is 3. The molecule has 1 unspecified atom stereocenters. The van der Waals surface area contributed by atoms with Crippen LogP contribution in [0, 0.1) is 18.3 Å². The molecule has 3 N–H and O–H groups in total. The second kappa shape index (κ2) is 13.0. The van der Waals surface area contributed by atoms with Gasteiger partial charge >= 0.3 is 0 Å². The van der Waals surface area contributed by atoms with Crippen LogP contribution in [0.1, 0.15) is 40.7 Å². The predicted octanol–water partition coefficient (Wildman–Crippen LogP) is 4.63. The standard InChI is InChI=1S/C31H29N5O5S/c1-3-22(18-32)23-6-4-7-24(16-23)31(38)34-25-8-5-9-26(17-25)41-27-12-15-30(36(19-27)20-29(33)37)35-42(39,40)28-13-10-21(2)11-14-28/h4-17,19,22H,3,20H2,1-2H3,(H2,33,37)(H,34,38). The second-order valence-electron chi connectivity index (χ2n) is 9.50. The molecular weight excluding hydrogens is 554 g/mol. The Morgan fingerprint density at radius 2 is 1.76 bits per heavy atom. The van der Waals surface area contributed by atoms with E-state index >= 15 is 0 Å². The zero-order valence-electron chi connectivity index (χ0n) is 23.0. The topological polar surface area (TPSA) is 157 Å². The molecule has 2 amide bonds. The molecular formula is C31H29N5O5S. The Kier molecular flexibility index (Phi) is 9.19. The Labute approximate surface area is 243 Å². The molecule has 0 aliphatic carbocycles. The van der Waals surface area contributed by atoms with Gasteiger partial charge in [-0.3, -0.25) is 9.59 Å². The SMILES string of the molecule is CCC(C#N)c1cccc(C(=O)Nc2cccc(Oc3ccc(=NS(=O)(=O)c4ccc(C)cc4)n(CC(N)=O)c3)c2)c1. The number of nitriles is 1. The number of rotatable bonds is 10. The van der Waals surface area contributed by atoms with Gasteiger partial charge in [-0.05, 0) is 67.4 Å². The maximum absolute atomic E-state index is 12.9. The van der Waals surface area contributed by atoms with Gasteiger partial charge in [-0.15, -0.1) is 4.40 Å². The summed E-state index contributed by atoms with van der Waals surface area (Å²) >= 11 is 0. The van der Waals surface area contributed by atoms with E-state index in [9.17, 15) is 23.3 Å². The quantitative estimate of drug-likeness (QED) is 0.277. The molecule has 1 aromatic heterocycles. The van der Waals surface area contributed by atoms with E-state index in [0.717, 1.165) is 11.1 Å². The normalized spacial score (nSPS) is 12.3. The Hall–Kier alpha value is -5.21. The Balaban J connectivity index is 1.57. The van der Waals surface area contributed by atoms with Crippen LogP contribution in [0.3, 0.4) is 0 Å². The summed E-state index contributed by atoms with van der Waals surface area (Å²) < 4.78 is 36.8. The number of carbonyl (C=O) groups is 2. The number of ether oxygens (including phenoxy) is 1. The van der Waals surface area contributed by atoms with Crippen molar-refractivity contribution in [2.75, 3.05) is 5.32 Å². The molecule has 214 valence electrons. The Bertz CT molecular complexity index is 1840. The van der Waals surface area contributed by atoms with Gasteiger partial charge in [0, 0.05) is 23.5 Å². The maximum Gasteiger partial charge on any atom is 0.284 e. The lowest BCUT2D eigenvalue weighted by Crippen LogP contribution is -2.28. The van der Waals surface area contributed by atoms with Crippen molar-refractivity contribution in [2.24, 2.45) is 10.1 Å². The van der Waals surface area contributed by atoms with E-state index in [0.29, 0.717) is 23.4 Å². The fraction of sp³-hybridized carbons (Fsp3) is 0.161. The van der Waals surface area contributed by atoms with E-state index in [4.69, 9.17) is 10.5 Å². The van der Waals surface area contributed by atoms with E-state index in [1.165, 1.54) is 35.0 Å². The van der Waals surface area contributed by atoms with Crippen LogP contribution in [0.25, 0.3) is 0 Å². The molecule has 10 nitrogen and oxygen atoms in total. The minimum Gasteiger partial charge on any atom is -0.456 e. The van der Waals surface area contributed by atoms with Gasteiger partial charge in [-0.25, -0.2) is 0 Å². The number of hydrogen-bond acceptors (Lipinski definition) is 6. The van der Waals surface area contributed by atoms with Gasteiger partial charge in [-0.1, -0.05) is 42.8 Å². The van der Waals surface area contributed by atoms with Crippen LogP contribution in [0.2, 0.25) is 0 Å². The fourth-order valence-electron chi connectivity index (χ4n) is 4.11. The fourth-order valence-corrected chi connectivity index (χ4v) is 5.11. The molecule has 4 aromatic rings. The summed E-state index contributed by atoms with van der Waals surface area (Å²) in [5.41, 5.74) is 7.95. The first kappa shape index (κ1) is 29.8.